The lowest BCUT2D eigenvalue weighted by molar-refractivity contribution is -0.143. The van der Waals surface area contributed by atoms with Crippen LogP contribution in [0.4, 0.5) is 0 Å². The number of benzene rings is 3. The number of carbonyl (C=O) groups excluding carboxylic acids is 1. The van der Waals surface area contributed by atoms with Gasteiger partial charge in [-0.05, 0) is 47.9 Å². The van der Waals surface area contributed by atoms with Crippen molar-refractivity contribution in [3.63, 3.8) is 0 Å². The summed E-state index contributed by atoms with van der Waals surface area (Å²) in [7, 11) is 0. The molecule has 0 spiro atoms. The van der Waals surface area contributed by atoms with Crippen molar-refractivity contribution in [3.05, 3.63) is 82.9 Å². The molecular weight excluding hydrogens is 449 g/mol. The zero-order chi connectivity index (χ0) is 21.8. The monoisotopic (exact) mass is 469 g/mol. The zero-order valence-electron chi connectivity index (χ0n) is 17.2. The summed E-state index contributed by atoms with van der Waals surface area (Å²) in [6.45, 7) is 1.86. The number of halogens is 2. The molecule has 0 bridgehead atoms. The predicted octanol–water partition coefficient (Wildman–Crippen LogP) is 5.46. The van der Waals surface area contributed by atoms with Crippen molar-refractivity contribution < 1.29 is 13.9 Å². The van der Waals surface area contributed by atoms with E-state index in [0.29, 0.717) is 27.9 Å². The van der Waals surface area contributed by atoms with E-state index >= 15 is 0 Å². The predicted molar refractivity (Wildman–Crippen MR) is 126 cm³/mol. The summed E-state index contributed by atoms with van der Waals surface area (Å²) in [4.78, 5) is 11.3. The van der Waals surface area contributed by atoms with Gasteiger partial charge >= 0.3 is 5.97 Å². The molecule has 0 aliphatic rings. The second-order valence-electron chi connectivity index (χ2n) is 6.93. The Hall–Kier alpha value is -3.19. The summed E-state index contributed by atoms with van der Waals surface area (Å²) in [5.41, 5.74) is 10.7. The molecule has 0 radical (unpaired) electrons. The highest BCUT2D eigenvalue weighted by Gasteiger charge is 2.16. The molecule has 4 aromatic rings. The van der Waals surface area contributed by atoms with Gasteiger partial charge in [0.25, 0.3) is 0 Å². The van der Waals surface area contributed by atoms with E-state index in [4.69, 9.17) is 26.5 Å². The van der Waals surface area contributed by atoms with E-state index in [1.165, 1.54) is 0 Å². The Labute approximate surface area is 196 Å². The number of ether oxygens (including phenoxy) is 1. The van der Waals surface area contributed by atoms with Crippen LogP contribution in [-0.2, 0) is 16.1 Å². The van der Waals surface area contributed by atoms with Gasteiger partial charge in [0.1, 0.15) is 6.61 Å². The molecule has 0 unspecified atom stereocenters. The van der Waals surface area contributed by atoms with Gasteiger partial charge in [0.05, 0.1) is 6.54 Å². The van der Waals surface area contributed by atoms with Crippen LogP contribution in [0.15, 0.2) is 71.1 Å². The molecule has 0 fully saturated rings. The first-order chi connectivity index (χ1) is 15.1. The summed E-state index contributed by atoms with van der Waals surface area (Å²) in [6.07, 6.45) is 0. The summed E-state index contributed by atoms with van der Waals surface area (Å²) in [5.74, 6) is 0.272. The van der Waals surface area contributed by atoms with E-state index in [-0.39, 0.29) is 25.6 Å². The van der Waals surface area contributed by atoms with Crippen LogP contribution in [0.25, 0.3) is 34.0 Å². The first-order valence-corrected chi connectivity index (χ1v) is 10.1. The van der Waals surface area contributed by atoms with Crippen LogP contribution in [0.3, 0.4) is 0 Å². The van der Waals surface area contributed by atoms with Gasteiger partial charge in [-0.25, -0.2) is 0 Å². The fraction of sp³-hybridized carbons (Fsp3) is 0.125. The summed E-state index contributed by atoms with van der Waals surface area (Å²) >= 11 is 6.22. The minimum atomic E-state index is -0.504. The van der Waals surface area contributed by atoms with Crippen LogP contribution >= 0.6 is 24.0 Å². The Kier molecular flexibility index (Phi) is 7.64. The van der Waals surface area contributed by atoms with E-state index < -0.39 is 5.97 Å². The van der Waals surface area contributed by atoms with Crippen LogP contribution in [0.2, 0.25) is 5.02 Å². The third kappa shape index (κ3) is 4.99. The maximum atomic E-state index is 11.3. The third-order valence-electron chi connectivity index (χ3n) is 4.92. The van der Waals surface area contributed by atoms with E-state index in [0.717, 1.165) is 22.3 Å². The number of esters is 1. The SMILES string of the molecule is Cc1c(-c2ccccc2)cccc1-c1nnc(-c2ccc(Cl)c(COC(=O)CN)c2)o1.Cl. The number of carbonyl (C=O) groups is 1. The average molecular weight is 470 g/mol. The van der Waals surface area contributed by atoms with E-state index in [1.807, 2.05) is 37.3 Å². The quantitative estimate of drug-likeness (QED) is 0.377. The Morgan fingerprint density at radius 2 is 1.69 bits per heavy atom. The number of nitrogens with two attached hydrogens (primary N) is 1. The average Bonchev–Trinajstić information content (AvgIpc) is 3.29. The van der Waals surface area contributed by atoms with Crippen LogP contribution in [0, 0.1) is 6.92 Å². The molecule has 3 aromatic carbocycles. The standard InChI is InChI=1S/C24H20ClN3O3.ClH/c1-15-19(16-6-3-2-4-7-16)8-5-9-20(15)24-28-27-23(31-24)17-10-11-21(25)18(12-17)14-30-22(29)13-26;/h2-12H,13-14,26H2,1H3;1H. The zero-order valence-corrected chi connectivity index (χ0v) is 18.8. The van der Waals surface area contributed by atoms with Crippen molar-refractivity contribution in [1.29, 1.82) is 0 Å². The van der Waals surface area contributed by atoms with Gasteiger partial charge in [-0.2, -0.15) is 0 Å². The highest BCUT2D eigenvalue weighted by Crippen LogP contribution is 2.33. The van der Waals surface area contributed by atoms with E-state index in [1.54, 1.807) is 18.2 Å². The highest BCUT2D eigenvalue weighted by molar-refractivity contribution is 6.31. The lowest BCUT2D eigenvalue weighted by Crippen LogP contribution is -2.16. The van der Waals surface area contributed by atoms with Crippen LogP contribution in [-0.4, -0.2) is 22.7 Å². The summed E-state index contributed by atoms with van der Waals surface area (Å²) in [5, 5.41) is 8.92. The minimum Gasteiger partial charge on any atom is -0.460 e. The van der Waals surface area contributed by atoms with Crippen LogP contribution < -0.4 is 5.73 Å². The number of hydrogen-bond acceptors (Lipinski definition) is 6. The Morgan fingerprint density at radius 1 is 0.969 bits per heavy atom. The smallest absolute Gasteiger partial charge is 0.320 e. The van der Waals surface area contributed by atoms with Crippen molar-refractivity contribution in [3.8, 4) is 34.0 Å². The Morgan fingerprint density at radius 3 is 2.44 bits per heavy atom. The van der Waals surface area contributed by atoms with Crippen molar-refractivity contribution in [2.24, 2.45) is 5.73 Å². The summed E-state index contributed by atoms with van der Waals surface area (Å²) < 4.78 is 11.1. The highest BCUT2D eigenvalue weighted by atomic mass is 35.5. The van der Waals surface area contributed by atoms with Gasteiger partial charge in [-0.1, -0.05) is 54.1 Å². The molecule has 0 saturated carbocycles. The lowest BCUT2D eigenvalue weighted by Gasteiger charge is -2.09. The second-order valence-corrected chi connectivity index (χ2v) is 7.33. The Balaban J connectivity index is 0.00000289. The molecule has 2 N–H and O–H groups in total. The lowest BCUT2D eigenvalue weighted by atomic mass is 9.96. The van der Waals surface area contributed by atoms with Crippen LogP contribution in [0.1, 0.15) is 11.1 Å². The van der Waals surface area contributed by atoms with Gasteiger partial charge in [-0.15, -0.1) is 22.6 Å². The molecule has 32 heavy (non-hydrogen) atoms. The molecular formula is C24H21Cl2N3O3. The van der Waals surface area contributed by atoms with Crippen molar-refractivity contribution >= 4 is 30.0 Å². The Bertz CT molecular complexity index is 1230. The maximum Gasteiger partial charge on any atom is 0.320 e. The molecule has 0 atom stereocenters. The number of hydrogen-bond donors (Lipinski definition) is 1. The largest absolute Gasteiger partial charge is 0.460 e. The molecule has 8 heteroatoms. The van der Waals surface area contributed by atoms with Crippen molar-refractivity contribution in [2.45, 2.75) is 13.5 Å². The molecule has 1 heterocycles. The number of nitrogens with zero attached hydrogens (tertiary/aromatic N) is 2. The van der Waals surface area contributed by atoms with Crippen molar-refractivity contribution in [1.82, 2.24) is 10.2 Å². The van der Waals surface area contributed by atoms with Gasteiger partial charge in [0.15, 0.2) is 0 Å². The molecule has 0 saturated heterocycles. The van der Waals surface area contributed by atoms with Gasteiger partial charge in [-0.3, -0.25) is 4.79 Å². The third-order valence-corrected chi connectivity index (χ3v) is 5.29. The molecule has 4 rings (SSSR count). The number of aromatic nitrogens is 2. The number of rotatable bonds is 6. The summed E-state index contributed by atoms with van der Waals surface area (Å²) in [6, 6.07) is 21.4. The fourth-order valence-corrected chi connectivity index (χ4v) is 3.45. The second kappa shape index (κ2) is 10.4. The van der Waals surface area contributed by atoms with Gasteiger partial charge < -0.3 is 14.9 Å². The molecule has 6 nitrogen and oxygen atoms in total. The van der Waals surface area contributed by atoms with Crippen molar-refractivity contribution in [2.75, 3.05) is 6.54 Å². The maximum absolute atomic E-state index is 11.3. The van der Waals surface area contributed by atoms with E-state index in [9.17, 15) is 4.79 Å². The van der Waals surface area contributed by atoms with Crippen LogP contribution in [0.5, 0.6) is 0 Å². The normalized spacial score (nSPS) is 10.5. The molecule has 0 aliphatic heterocycles. The first-order valence-electron chi connectivity index (χ1n) is 9.70. The molecule has 0 amide bonds. The minimum absolute atomic E-state index is 0. The topological polar surface area (TPSA) is 91.2 Å². The van der Waals surface area contributed by atoms with E-state index in [2.05, 4.69) is 28.4 Å². The molecule has 0 aliphatic carbocycles. The molecule has 164 valence electrons. The fourth-order valence-electron chi connectivity index (χ4n) is 3.28. The van der Waals surface area contributed by atoms with Gasteiger partial charge in [0.2, 0.25) is 11.8 Å². The van der Waals surface area contributed by atoms with Gasteiger partial charge in [0, 0.05) is 21.7 Å². The molecule has 1 aromatic heterocycles. The first kappa shape index (κ1) is 23.5.